The van der Waals surface area contributed by atoms with E-state index in [1.54, 1.807) is 48.9 Å². The fourth-order valence-corrected chi connectivity index (χ4v) is 16.0. The maximum Gasteiger partial charge on any atom is 0.230 e. The zero-order chi connectivity index (χ0) is 91.8. The topological polar surface area (TPSA) is 211 Å². The summed E-state index contributed by atoms with van der Waals surface area (Å²) >= 11 is 3.35. The summed E-state index contributed by atoms with van der Waals surface area (Å²) < 4.78 is 29.2. The second-order valence-corrected chi connectivity index (χ2v) is 33.8. The van der Waals surface area contributed by atoms with E-state index in [9.17, 15) is 32.8 Å². The Labute approximate surface area is 770 Å². The van der Waals surface area contributed by atoms with Crippen molar-refractivity contribution in [2.75, 3.05) is 5.32 Å². The Morgan fingerprint density at radius 3 is 1.35 bits per heavy atom. The van der Waals surface area contributed by atoms with E-state index in [0.717, 1.165) is 185 Å². The molecule has 0 spiro atoms. The molecule has 0 atom stereocenters. The van der Waals surface area contributed by atoms with Crippen LogP contribution in [-0.2, 0) is 49.7 Å². The summed E-state index contributed by atoms with van der Waals surface area (Å²) in [5.41, 5.74) is 32.7. The molecule has 0 unspecified atom stereocenters. The van der Waals surface area contributed by atoms with E-state index in [-0.39, 0.29) is 59.9 Å². The number of Topliss-reactive ketones (excluding diaryl/α,β-unsaturated/α-hetero) is 4. The second kappa shape index (κ2) is 41.7. The molecule has 0 saturated heterocycles. The van der Waals surface area contributed by atoms with Crippen LogP contribution in [0.1, 0.15) is 157 Å². The third-order valence-corrected chi connectivity index (χ3v) is 23.2. The van der Waals surface area contributed by atoms with E-state index < -0.39 is 0 Å². The molecule has 1 N–H and O–H groups in total. The number of aliphatic imine (C=N–C) groups is 5. The van der Waals surface area contributed by atoms with Crippen LogP contribution in [0.5, 0.6) is 0 Å². The van der Waals surface area contributed by atoms with Gasteiger partial charge in [-0.2, -0.15) is 0 Å². The largest absolute Gasteiger partial charge is 0.324 e. The van der Waals surface area contributed by atoms with Crippen molar-refractivity contribution in [2.45, 2.75) is 127 Å². The van der Waals surface area contributed by atoms with Gasteiger partial charge in [0.05, 0.1) is 74.8 Å². The summed E-state index contributed by atoms with van der Waals surface area (Å²) in [4.78, 5) is 103. The van der Waals surface area contributed by atoms with Gasteiger partial charge in [0.2, 0.25) is 5.91 Å². The number of nitrogens with zero attached hydrogens (tertiary/aromatic N) is 9. The SMILES string of the molecule is CCC#Cc1cccc(C2=Nc3cc(C)c(C)cc3CC(=O)C2)c1.Cc1cc(C2=Nc3ccc(-c4ccc(Br)nc4)cc3CC(=O)C2)ccn1.Cc1cc2c(cc1C)NC(=O)CC(c1cccc(C#Cc3ccccc3)c1)=N2.Cc1ccc(-c2ccc3c(c2)CC(=O)CC(c2ccnc(C)c2)=N3)c(F)c1.Cc1ccc2c(c1)CC(=O)CC(c1ccnc(-c3ccccc3F)c1)=N2. The van der Waals surface area contributed by atoms with Crippen molar-refractivity contribution >= 4 is 108 Å². The third kappa shape index (κ3) is 23.6. The first kappa shape index (κ1) is 90.5. The van der Waals surface area contributed by atoms with Gasteiger partial charge in [0.25, 0.3) is 0 Å². The fraction of sp³-hybridized carbons (Fsp3) is 0.168. The molecule has 9 heterocycles. The minimum absolute atomic E-state index is 0.0541. The number of carbonyl (C=O) groups is 5. The molecule has 131 heavy (non-hydrogen) atoms. The van der Waals surface area contributed by atoms with Gasteiger partial charge in [-0.3, -0.25) is 63.9 Å². The number of nitrogens with one attached hydrogen (secondary N) is 1. The minimum atomic E-state index is -0.322. The van der Waals surface area contributed by atoms with Crippen molar-refractivity contribution in [2.24, 2.45) is 25.0 Å². The first-order valence-electron chi connectivity index (χ1n) is 43.4. The highest BCUT2D eigenvalue weighted by Crippen LogP contribution is 2.38. The predicted octanol–water partition coefficient (Wildman–Crippen LogP) is 24.7. The molecule has 5 aliphatic rings. The maximum absolute atomic E-state index is 14.3. The number of aryl methyl sites for hydroxylation is 8. The molecule has 10 aromatic carbocycles. The highest BCUT2D eigenvalue weighted by atomic mass is 79.9. The van der Waals surface area contributed by atoms with Crippen LogP contribution in [-0.4, -0.2) is 77.5 Å². The third-order valence-electron chi connectivity index (χ3n) is 22.7. The Kier molecular flexibility index (Phi) is 28.8. The lowest BCUT2D eigenvalue weighted by Crippen LogP contribution is -2.15. The summed E-state index contributed by atoms with van der Waals surface area (Å²) in [6.45, 7) is 18.0. The molecule has 1 amide bonds. The van der Waals surface area contributed by atoms with Crippen LogP contribution in [0.4, 0.5) is 42.9 Å². The molecule has 19 rings (SSSR count). The number of ketones is 4. The molecule has 0 aliphatic carbocycles. The van der Waals surface area contributed by atoms with Gasteiger partial charge in [-0.15, -0.1) is 0 Å². The lowest BCUT2D eigenvalue weighted by Gasteiger charge is -2.09. The van der Waals surface area contributed by atoms with Crippen molar-refractivity contribution in [3.63, 3.8) is 0 Å². The quantitative estimate of drug-likeness (QED) is 0.113. The lowest BCUT2D eigenvalue weighted by molar-refractivity contribution is -0.118. The molecule has 14 aromatic rings. The van der Waals surface area contributed by atoms with Gasteiger partial charge in [-0.05, 0) is 300 Å². The first-order valence-corrected chi connectivity index (χ1v) is 44.2. The summed E-state index contributed by atoms with van der Waals surface area (Å²) in [6, 6.07) is 78.5. The highest BCUT2D eigenvalue weighted by molar-refractivity contribution is 9.10. The molecular formula is C113H93BrF2N10O5. The molecule has 0 radical (unpaired) electrons. The number of anilines is 1. The summed E-state index contributed by atoms with van der Waals surface area (Å²) in [6.07, 6.45) is 10.8. The molecule has 0 fully saturated rings. The van der Waals surface area contributed by atoms with E-state index in [4.69, 9.17) is 25.0 Å². The van der Waals surface area contributed by atoms with Crippen molar-refractivity contribution in [1.29, 1.82) is 0 Å². The Hall–Kier alpha value is -15.2. The van der Waals surface area contributed by atoms with E-state index >= 15 is 0 Å². The van der Waals surface area contributed by atoms with Gasteiger partial charge in [0, 0.05) is 133 Å². The Bertz CT molecular complexity index is 7170. The van der Waals surface area contributed by atoms with Crippen LogP contribution in [0.3, 0.4) is 0 Å². The fourth-order valence-electron chi connectivity index (χ4n) is 15.7. The summed E-state index contributed by atoms with van der Waals surface area (Å²) in [5.74, 6) is 12.6. The Morgan fingerprint density at radius 1 is 0.328 bits per heavy atom. The van der Waals surface area contributed by atoms with E-state index in [2.05, 4.69) is 97.8 Å². The van der Waals surface area contributed by atoms with Crippen LogP contribution in [0.2, 0.25) is 0 Å². The molecule has 0 saturated carbocycles. The maximum atomic E-state index is 14.3. The Balaban J connectivity index is 0.000000125. The standard InChI is InChI=1S/C25H20N2O.C23H19FN2O.C22H17FN2O.C22H21NO.C21H16BrN3O/c1-17-13-23-24(14-18(17)2)27-25(28)16-22(26-23)21-10-6-9-20(15-21)12-11-19-7-4-3-5-8-19;1-14-3-5-20(21(24)9-14)16-4-6-22-18(11-16)12-19(27)13-23(26-22)17-7-8-25-15(2)10-17;1-14-6-7-20-16(10-14)11-17(26)13-21(25-20)15-8-9-24-22(12-15)18-4-2-3-5-19(18)23;1-4-5-7-17-8-6-9-18(12-17)22-14-20(24)13-19-10-15(2)16(3)11-21(19)23-22;1-13-8-15(6-7-23-13)20-11-18(26)10-17-9-14(2-4-19(17)25-20)16-3-5-21(22)24-12-16/h3-10,13-15H,16H2,1-2H3,(H,27,28);3-11H,12-13H2,1-2H3;2-10,12H,11,13H2,1H3;6,8-12H,4,13-14H2,1-3H3;2-9,12H,10-11H2,1H3. The number of hydrogen-bond donors (Lipinski definition) is 1. The van der Waals surface area contributed by atoms with Gasteiger partial charge in [0.15, 0.2) is 0 Å². The average Bonchev–Trinajstić information content (AvgIpc) is 1.80. The second-order valence-electron chi connectivity index (χ2n) is 33.0. The predicted molar refractivity (Wildman–Crippen MR) is 525 cm³/mol. The van der Waals surface area contributed by atoms with Gasteiger partial charge in [-0.25, -0.2) is 13.8 Å². The number of amides is 1. The molecule has 5 aliphatic heterocycles. The molecule has 0 bridgehead atoms. The van der Waals surface area contributed by atoms with Crippen LogP contribution >= 0.6 is 15.9 Å². The number of rotatable bonds is 8. The normalized spacial score (nSPS) is 13.5. The molecule has 4 aromatic heterocycles. The monoisotopic (exact) mass is 1790 g/mol. The van der Waals surface area contributed by atoms with Crippen LogP contribution in [0, 0.1) is 90.7 Å². The first-order chi connectivity index (χ1) is 63.3. The van der Waals surface area contributed by atoms with Crippen molar-refractivity contribution in [3.05, 3.63) is 401 Å². The van der Waals surface area contributed by atoms with Gasteiger partial charge in [0.1, 0.15) is 39.4 Å². The van der Waals surface area contributed by atoms with Crippen molar-refractivity contribution < 1.29 is 32.8 Å². The number of fused-ring (bicyclic) bond motifs is 5. The van der Waals surface area contributed by atoms with Gasteiger partial charge < -0.3 is 5.32 Å². The van der Waals surface area contributed by atoms with E-state index in [1.165, 1.54) is 23.3 Å². The highest BCUT2D eigenvalue weighted by Gasteiger charge is 2.26. The van der Waals surface area contributed by atoms with Crippen LogP contribution < -0.4 is 5.32 Å². The summed E-state index contributed by atoms with van der Waals surface area (Å²) in [5, 5.41) is 2.97. The van der Waals surface area contributed by atoms with Crippen LogP contribution in [0.15, 0.2) is 303 Å². The average molecular weight is 1790 g/mol. The van der Waals surface area contributed by atoms with Gasteiger partial charge >= 0.3 is 0 Å². The smallest absolute Gasteiger partial charge is 0.230 e. The number of pyridine rings is 4. The number of aromatic nitrogens is 4. The van der Waals surface area contributed by atoms with Crippen LogP contribution in [0.25, 0.3) is 33.5 Å². The van der Waals surface area contributed by atoms with E-state index in [1.807, 2.05) is 242 Å². The van der Waals surface area contributed by atoms with Gasteiger partial charge in [-0.1, -0.05) is 139 Å². The molecule has 15 nitrogen and oxygen atoms in total. The Morgan fingerprint density at radius 2 is 0.779 bits per heavy atom. The zero-order valence-electron chi connectivity index (χ0n) is 74.3. The molecule has 18 heteroatoms. The van der Waals surface area contributed by atoms with Crippen molar-refractivity contribution in [3.8, 4) is 57.2 Å². The minimum Gasteiger partial charge on any atom is -0.324 e. The number of halogens is 3. The lowest BCUT2D eigenvalue weighted by atomic mass is 9.97. The number of benzene rings is 10. The van der Waals surface area contributed by atoms with Crippen molar-refractivity contribution in [1.82, 2.24) is 19.9 Å². The zero-order valence-corrected chi connectivity index (χ0v) is 75.8. The number of carbonyl (C=O) groups excluding carboxylic acids is 5. The van der Waals surface area contributed by atoms with E-state index in [0.29, 0.717) is 61.1 Å². The summed E-state index contributed by atoms with van der Waals surface area (Å²) in [7, 11) is 0. The number of hydrogen-bond acceptors (Lipinski definition) is 14. The molecular weight excluding hydrogens is 1700 g/mol. The molecule has 646 valence electrons.